The van der Waals surface area contributed by atoms with Crippen molar-refractivity contribution in [1.82, 2.24) is 4.31 Å². The molecule has 0 aliphatic rings. The van der Waals surface area contributed by atoms with Gasteiger partial charge >= 0.3 is 0 Å². The highest BCUT2D eigenvalue weighted by Crippen LogP contribution is 2.18. The van der Waals surface area contributed by atoms with Gasteiger partial charge in [0.15, 0.2) is 9.84 Å². The number of aliphatic hydroxyl groups excluding tert-OH is 1. The van der Waals surface area contributed by atoms with E-state index in [2.05, 4.69) is 0 Å². The van der Waals surface area contributed by atoms with E-state index in [1.165, 1.54) is 28.6 Å². The SMILES string of the molecule is CCN(CCCO)S(=O)(=O)c1ccc(S(C)(=O)=O)cc1. The van der Waals surface area contributed by atoms with Crippen molar-refractivity contribution in [1.29, 1.82) is 0 Å². The van der Waals surface area contributed by atoms with Crippen LogP contribution in [0.25, 0.3) is 0 Å². The highest BCUT2D eigenvalue weighted by atomic mass is 32.2. The van der Waals surface area contributed by atoms with Gasteiger partial charge in [-0.05, 0) is 30.7 Å². The molecular weight excluding hydrogens is 302 g/mol. The van der Waals surface area contributed by atoms with Crippen LogP contribution in [-0.2, 0) is 19.9 Å². The second-order valence-electron chi connectivity index (χ2n) is 4.32. The molecule has 8 heteroatoms. The Morgan fingerprint density at radius 3 is 1.95 bits per heavy atom. The first-order valence-electron chi connectivity index (χ1n) is 6.14. The zero-order valence-electron chi connectivity index (χ0n) is 11.5. The maximum Gasteiger partial charge on any atom is 0.243 e. The third-order valence-corrected chi connectivity index (χ3v) is 5.92. The van der Waals surface area contributed by atoms with Crippen LogP contribution < -0.4 is 0 Å². The first-order chi connectivity index (χ1) is 9.23. The summed E-state index contributed by atoms with van der Waals surface area (Å²) in [7, 11) is -7.00. The minimum Gasteiger partial charge on any atom is -0.396 e. The normalized spacial score (nSPS) is 12.8. The highest BCUT2D eigenvalue weighted by Gasteiger charge is 2.22. The zero-order valence-corrected chi connectivity index (χ0v) is 13.1. The van der Waals surface area contributed by atoms with Crippen molar-refractivity contribution in [2.75, 3.05) is 26.0 Å². The molecule has 0 bridgehead atoms. The highest BCUT2D eigenvalue weighted by molar-refractivity contribution is 7.90. The maximum absolute atomic E-state index is 12.3. The Kier molecular flexibility index (Phi) is 5.69. The summed E-state index contributed by atoms with van der Waals surface area (Å²) in [5.74, 6) is 0. The lowest BCUT2D eigenvalue weighted by Gasteiger charge is -2.20. The van der Waals surface area contributed by atoms with E-state index in [0.29, 0.717) is 6.42 Å². The van der Waals surface area contributed by atoms with E-state index < -0.39 is 19.9 Å². The molecule has 0 heterocycles. The van der Waals surface area contributed by atoms with Gasteiger partial charge in [0, 0.05) is 26.0 Å². The second kappa shape index (κ2) is 6.66. The molecule has 6 nitrogen and oxygen atoms in total. The van der Waals surface area contributed by atoms with E-state index >= 15 is 0 Å². The summed E-state index contributed by atoms with van der Waals surface area (Å²) in [5.41, 5.74) is 0. The van der Waals surface area contributed by atoms with Crippen molar-refractivity contribution < 1.29 is 21.9 Å². The lowest BCUT2D eigenvalue weighted by Crippen LogP contribution is -2.32. The standard InChI is InChI=1S/C12H19NO5S2/c1-3-13(9-4-10-14)20(17,18)12-7-5-11(6-8-12)19(2,15)16/h5-8,14H,3-4,9-10H2,1-2H3. The van der Waals surface area contributed by atoms with Crippen LogP contribution in [0.2, 0.25) is 0 Å². The van der Waals surface area contributed by atoms with E-state index in [1.807, 2.05) is 0 Å². The van der Waals surface area contributed by atoms with Crippen LogP contribution in [0.4, 0.5) is 0 Å². The summed E-state index contributed by atoms with van der Waals surface area (Å²) in [6, 6.07) is 5.13. The van der Waals surface area contributed by atoms with Gasteiger partial charge < -0.3 is 5.11 Å². The van der Waals surface area contributed by atoms with Gasteiger partial charge in [0.25, 0.3) is 0 Å². The van der Waals surface area contributed by atoms with Gasteiger partial charge in [0.05, 0.1) is 9.79 Å². The topological polar surface area (TPSA) is 91.8 Å². The largest absolute Gasteiger partial charge is 0.396 e. The van der Waals surface area contributed by atoms with Crippen molar-refractivity contribution in [3.05, 3.63) is 24.3 Å². The molecule has 0 spiro atoms. The van der Waals surface area contributed by atoms with Gasteiger partial charge in [-0.3, -0.25) is 0 Å². The molecule has 114 valence electrons. The third kappa shape index (κ3) is 4.02. The minimum absolute atomic E-state index is 0.0460. The lowest BCUT2D eigenvalue weighted by molar-refractivity contribution is 0.271. The molecule has 0 unspecified atom stereocenters. The fraction of sp³-hybridized carbons (Fsp3) is 0.500. The fourth-order valence-corrected chi connectivity index (χ4v) is 3.82. The number of nitrogens with zero attached hydrogens (tertiary/aromatic N) is 1. The molecular formula is C12H19NO5S2. The Balaban J connectivity index is 3.09. The Labute approximate surface area is 120 Å². The summed E-state index contributed by atoms with van der Waals surface area (Å²) in [6.45, 7) is 2.14. The number of rotatable bonds is 7. The number of hydrogen-bond acceptors (Lipinski definition) is 5. The molecule has 0 fully saturated rings. The number of sulfonamides is 1. The van der Waals surface area contributed by atoms with Gasteiger partial charge in [-0.1, -0.05) is 6.92 Å². The summed E-state index contributed by atoms with van der Waals surface area (Å²) in [6.07, 6.45) is 1.42. The Hall–Kier alpha value is -0.960. The molecule has 0 saturated carbocycles. The molecule has 0 aliphatic heterocycles. The smallest absolute Gasteiger partial charge is 0.243 e. The molecule has 0 aromatic heterocycles. The quantitative estimate of drug-likeness (QED) is 0.789. The van der Waals surface area contributed by atoms with Crippen LogP contribution in [0, 0.1) is 0 Å². The predicted molar refractivity (Wildman–Crippen MR) is 75.7 cm³/mol. The van der Waals surface area contributed by atoms with Crippen LogP contribution in [0.1, 0.15) is 13.3 Å². The second-order valence-corrected chi connectivity index (χ2v) is 8.27. The molecule has 1 rings (SSSR count). The summed E-state index contributed by atoms with van der Waals surface area (Å²) in [5, 5.41) is 8.78. The van der Waals surface area contributed by atoms with Gasteiger partial charge in [-0.2, -0.15) is 4.31 Å². The first-order valence-corrected chi connectivity index (χ1v) is 9.47. The van der Waals surface area contributed by atoms with E-state index in [0.717, 1.165) is 6.26 Å². The average Bonchev–Trinajstić information content (AvgIpc) is 2.38. The molecule has 0 aliphatic carbocycles. The van der Waals surface area contributed by atoms with Crippen LogP contribution in [0.5, 0.6) is 0 Å². The monoisotopic (exact) mass is 321 g/mol. The number of sulfone groups is 1. The molecule has 1 aromatic rings. The molecule has 0 atom stereocenters. The zero-order chi connectivity index (χ0) is 15.4. The maximum atomic E-state index is 12.3. The lowest BCUT2D eigenvalue weighted by atomic mass is 10.4. The first kappa shape index (κ1) is 17.1. The molecule has 0 radical (unpaired) electrons. The Morgan fingerprint density at radius 2 is 1.55 bits per heavy atom. The summed E-state index contributed by atoms with van der Waals surface area (Å²) < 4.78 is 48.6. The van der Waals surface area contributed by atoms with Gasteiger partial charge in [-0.15, -0.1) is 0 Å². The summed E-state index contributed by atoms with van der Waals surface area (Å²) >= 11 is 0. The number of hydrogen-bond donors (Lipinski definition) is 1. The van der Waals surface area contributed by atoms with E-state index in [1.54, 1.807) is 6.92 Å². The molecule has 1 N–H and O–H groups in total. The average molecular weight is 321 g/mol. The third-order valence-electron chi connectivity index (χ3n) is 2.81. The van der Waals surface area contributed by atoms with Crippen molar-refractivity contribution >= 4 is 19.9 Å². The minimum atomic E-state index is -3.66. The number of benzene rings is 1. The van der Waals surface area contributed by atoms with Gasteiger partial charge in [0.1, 0.15) is 0 Å². The fourth-order valence-electron chi connectivity index (χ4n) is 1.70. The van der Waals surface area contributed by atoms with Gasteiger partial charge in [0.2, 0.25) is 10.0 Å². The number of aliphatic hydroxyl groups is 1. The Bertz CT molecular complexity index is 635. The predicted octanol–water partition coefficient (Wildman–Crippen LogP) is 0.483. The van der Waals surface area contributed by atoms with Crippen LogP contribution in [0.15, 0.2) is 34.1 Å². The van der Waals surface area contributed by atoms with E-state index in [9.17, 15) is 16.8 Å². The molecule has 20 heavy (non-hydrogen) atoms. The molecule has 0 saturated heterocycles. The van der Waals surface area contributed by atoms with Crippen molar-refractivity contribution in [3.63, 3.8) is 0 Å². The molecule has 0 amide bonds. The molecule has 1 aromatic carbocycles. The summed E-state index contributed by atoms with van der Waals surface area (Å²) in [4.78, 5) is 0.125. The van der Waals surface area contributed by atoms with E-state index in [4.69, 9.17) is 5.11 Å². The van der Waals surface area contributed by atoms with Crippen LogP contribution >= 0.6 is 0 Å². The Morgan fingerprint density at radius 1 is 1.05 bits per heavy atom. The van der Waals surface area contributed by atoms with Crippen LogP contribution in [-0.4, -0.2) is 52.2 Å². The van der Waals surface area contributed by atoms with Crippen molar-refractivity contribution in [3.8, 4) is 0 Å². The van der Waals surface area contributed by atoms with Crippen LogP contribution in [0.3, 0.4) is 0 Å². The van der Waals surface area contributed by atoms with E-state index in [-0.39, 0.29) is 29.5 Å². The van der Waals surface area contributed by atoms with Crippen molar-refractivity contribution in [2.45, 2.75) is 23.1 Å². The van der Waals surface area contributed by atoms with Crippen molar-refractivity contribution in [2.24, 2.45) is 0 Å². The van der Waals surface area contributed by atoms with Gasteiger partial charge in [-0.25, -0.2) is 16.8 Å².